The van der Waals surface area contributed by atoms with Gasteiger partial charge in [-0.05, 0) is 30.4 Å². The topological polar surface area (TPSA) is 78.1 Å². The normalized spacial score (nSPS) is 19.4. The van der Waals surface area contributed by atoms with Gasteiger partial charge in [0, 0.05) is 25.1 Å². The Hall–Kier alpha value is -2.63. The van der Waals surface area contributed by atoms with Crippen molar-refractivity contribution in [2.24, 2.45) is 0 Å². The van der Waals surface area contributed by atoms with Crippen molar-refractivity contribution in [3.63, 3.8) is 0 Å². The van der Waals surface area contributed by atoms with Gasteiger partial charge in [-0.1, -0.05) is 24.3 Å². The molecule has 0 radical (unpaired) electrons. The highest BCUT2D eigenvalue weighted by Gasteiger charge is 2.31. The van der Waals surface area contributed by atoms with Crippen molar-refractivity contribution in [2.45, 2.75) is 44.6 Å². The maximum Gasteiger partial charge on any atom is 0.229 e. The summed E-state index contributed by atoms with van der Waals surface area (Å²) in [4.78, 5) is 33.8. The number of carbonyl (C=O) groups excluding carboxylic acids is 2. The maximum atomic E-state index is 12.5. The number of nitrogens with one attached hydrogen (secondary N) is 2. The van der Waals surface area contributed by atoms with E-state index in [2.05, 4.69) is 21.4 Å². The van der Waals surface area contributed by atoms with Gasteiger partial charge in [0.05, 0.1) is 18.7 Å². The molecule has 6 nitrogen and oxygen atoms in total. The minimum atomic E-state index is -0.222. The van der Waals surface area contributed by atoms with Crippen molar-refractivity contribution in [2.75, 3.05) is 11.9 Å². The number of rotatable bonds is 4. The molecule has 1 fully saturated rings. The van der Waals surface area contributed by atoms with Crippen molar-refractivity contribution >= 4 is 17.8 Å². The molecule has 1 atom stereocenters. The first-order valence-electron chi connectivity index (χ1n) is 8.81. The van der Waals surface area contributed by atoms with E-state index in [0.717, 1.165) is 17.7 Å². The molecular weight excluding hydrogens is 316 g/mol. The molecule has 0 saturated heterocycles. The van der Waals surface area contributed by atoms with E-state index < -0.39 is 0 Å². The summed E-state index contributed by atoms with van der Waals surface area (Å²) < 4.78 is 0. The molecule has 1 aromatic carbocycles. The minimum Gasteiger partial charge on any atom is -0.335 e. The average Bonchev–Trinajstić information content (AvgIpc) is 3.35. The van der Waals surface area contributed by atoms with Gasteiger partial charge in [0.1, 0.15) is 0 Å². The third-order valence-electron chi connectivity index (χ3n) is 5.07. The first-order chi connectivity index (χ1) is 12.1. The van der Waals surface area contributed by atoms with Crippen LogP contribution in [-0.4, -0.2) is 33.2 Å². The van der Waals surface area contributed by atoms with Crippen molar-refractivity contribution in [3.8, 4) is 0 Å². The zero-order valence-electron chi connectivity index (χ0n) is 14.3. The molecule has 130 valence electrons. The van der Waals surface area contributed by atoms with E-state index in [1.165, 1.54) is 18.4 Å². The molecule has 0 bridgehead atoms. The Labute approximate surface area is 146 Å². The summed E-state index contributed by atoms with van der Waals surface area (Å²) >= 11 is 0. The number of nitrogens with zero attached hydrogens (tertiary/aromatic N) is 2. The molecule has 2 amide bonds. The van der Waals surface area contributed by atoms with Gasteiger partial charge in [-0.2, -0.15) is 0 Å². The Balaban J connectivity index is 1.50. The Morgan fingerprint density at radius 1 is 1.32 bits per heavy atom. The number of benzene rings is 1. The second-order valence-corrected chi connectivity index (χ2v) is 6.89. The van der Waals surface area contributed by atoms with Crippen LogP contribution in [0, 0.1) is 0 Å². The van der Waals surface area contributed by atoms with Gasteiger partial charge < -0.3 is 9.88 Å². The summed E-state index contributed by atoms with van der Waals surface area (Å²) in [6.45, 7) is 2.21. The van der Waals surface area contributed by atoms with E-state index in [0.29, 0.717) is 18.4 Å². The van der Waals surface area contributed by atoms with Gasteiger partial charge in [0.2, 0.25) is 17.8 Å². The van der Waals surface area contributed by atoms with E-state index in [-0.39, 0.29) is 24.3 Å². The summed E-state index contributed by atoms with van der Waals surface area (Å²) in [6, 6.07) is 7.83. The number of hydrogen-bond donors (Lipinski definition) is 2. The quantitative estimate of drug-likeness (QED) is 0.900. The van der Waals surface area contributed by atoms with Crippen LogP contribution in [0.3, 0.4) is 0 Å². The molecule has 1 aromatic heterocycles. The molecule has 2 aliphatic rings. The number of aromatic amines is 1. The summed E-state index contributed by atoms with van der Waals surface area (Å²) in [5, 5.41) is 2.84. The minimum absolute atomic E-state index is 0.00122. The SMILES string of the molecule is CC(=O)N1CCc2ccccc2C1CC(=O)Nc1ncc(C2CC2)[nH]1. The Morgan fingerprint density at radius 2 is 2.12 bits per heavy atom. The average molecular weight is 338 g/mol. The monoisotopic (exact) mass is 338 g/mol. The van der Waals surface area contributed by atoms with Crippen LogP contribution >= 0.6 is 0 Å². The number of imidazole rings is 1. The smallest absolute Gasteiger partial charge is 0.229 e. The van der Waals surface area contributed by atoms with Crippen LogP contribution in [-0.2, 0) is 16.0 Å². The standard InChI is InChI=1S/C19H22N4O2/c1-12(24)23-9-8-13-4-2-3-5-15(13)17(23)10-18(25)22-19-20-11-16(21-19)14-6-7-14/h2-5,11,14,17H,6-10H2,1H3,(H2,20,21,22,25). The lowest BCUT2D eigenvalue weighted by Crippen LogP contribution is -2.40. The molecule has 6 heteroatoms. The number of carbonyl (C=O) groups is 2. The molecule has 2 heterocycles. The molecule has 1 unspecified atom stereocenters. The van der Waals surface area contributed by atoms with Gasteiger partial charge in [-0.15, -0.1) is 0 Å². The van der Waals surface area contributed by atoms with Gasteiger partial charge >= 0.3 is 0 Å². The second kappa shape index (κ2) is 6.35. The van der Waals surface area contributed by atoms with E-state index in [1.807, 2.05) is 18.2 Å². The third-order valence-corrected chi connectivity index (χ3v) is 5.07. The number of anilines is 1. The number of amides is 2. The van der Waals surface area contributed by atoms with E-state index in [9.17, 15) is 9.59 Å². The molecule has 25 heavy (non-hydrogen) atoms. The lowest BCUT2D eigenvalue weighted by atomic mass is 9.90. The van der Waals surface area contributed by atoms with Crippen molar-refractivity contribution in [3.05, 3.63) is 47.3 Å². The zero-order valence-corrected chi connectivity index (χ0v) is 14.3. The predicted molar refractivity (Wildman–Crippen MR) is 94.1 cm³/mol. The van der Waals surface area contributed by atoms with Gasteiger partial charge in [0.25, 0.3) is 0 Å². The second-order valence-electron chi connectivity index (χ2n) is 6.89. The largest absolute Gasteiger partial charge is 0.335 e. The first-order valence-corrected chi connectivity index (χ1v) is 8.81. The fraction of sp³-hybridized carbons (Fsp3) is 0.421. The van der Waals surface area contributed by atoms with Gasteiger partial charge in [0.15, 0.2) is 0 Å². The van der Waals surface area contributed by atoms with Crippen LogP contribution < -0.4 is 5.32 Å². The molecule has 2 aromatic rings. The predicted octanol–water partition coefficient (Wildman–Crippen LogP) is 2.76. The highest BCUT2D eigenvalue weighted by atomic mass is 16.2. The number of aromatic nitrogens is 2. The van der Waals surface area contributed by atoms with Gasteiger partial charge in [-0.25, -0.2) is 4.98 Å². The molecule has 0 spiro atoms. The molecule has 1 saturated carbocycles. The van der Waals surface area contributed by atoms with Crippen molar-refractivity contribution in [1.82, 2.24) is 14.9 Å². The third kappa shape index (κ3) is 3.29. The lowest BCUT2D eigenvalue weighted by Gasteiger charge is -2.36. The lowest BCUT2D eigenvalue weighted by molar-refractivity contribution is -0.132. The summed E-state index contributed by atoms with van der Waals surface area (Å²) in [5.41, 5.74) is 3.37. The summed E-state index contributed by atoms with van der Waals surface area (Å²) in [7, 11) is 0. The number of fused-ring (bicyclic) bond motifs is 1. The molecule has 1 aliphatic carbocycles. The molecular formula is C19H22N4O2. The highest BCUT2D eigenvalue weighted by Crippen LogP contribution is 2.39. The first kappa shape index (κ1) is 15.9. The van der Waals surface area contributed by atoms with Crippen molar-refractivity contribution < 1.29 is 9.59 Å². The summed E-state index contributed by atoms with van der Waals surface area (Å²) in [5.74, 6) is 0.924. The van der Waals surface area contributed by atoms with Crippen LogP contribution in [0.15, 0.2) is 30.5 Å². The Bertz CT molecular complexity index is 809. The van der Waals surface area contributed by atoms with E-state index in [4.69, 9.17) is 0 Å². The van der Waals surface area contributed by atoms with Crippen LogP contribution in [0.1, 0.15) is 55.0 Å². The Morgan fingerprint density at radius 3 is 2.88 bits per heavy atom. The van der Waals surface area contributed by atoms with Crippen LogP contribution in [0.4, 0.5) is 5.95 Å². The number of hydrogen-bond acceptors (Lipinski definition) is 3. The molecule has 2 N–H and O–H groups in total. The summed E-state index contributed by atoms with van der Waals surface area (Å²) in [6.07, 6.45) is 5.22. The van der Waals surface area contributed by atoms with Crippen LogP contribution in [0.25, 0.3) is 0 Å². The van der Waals surface area contributed by atoms with E-state index in [1.54, 1.807) is 18.0 Å². The Kier molecular flexibility index (Phi) is 4.03. The fourth-order valence-electron chi connectivity index (χ4n) is 3.61. The van der Waals surface area contributed by atoms with Gasteiger partial charge in [-0.3, -0.25) is 14.9 Å². The molecule has 1 aliphatic heterocycles. The van der Waals surface area contributed by atoms with Crippen LogP contribution in [0.2, 0.25) is 0 Å². The van der Waals surface area contributed by atoms with Crippen LogP contribution in [0.5, 0.6) is 0 Å². The highest BCUT2D eigenvalue weighted by molar-refractivity contribution is 5.90. The molecule has 4 rings (SSSR count). The maximum absolute atomic E-state index is 12.5. The van der Waals surface area contributed by atoms with Crippen molar-refractivity contribution in [1.29, 1.82) is 0 Å². The van der Waals surface area contributed by atoms with E-state index >= 15 is 0 Å². The fourth-order valence-corrected chi connectivity index (χ4v) is 3.61. The zero-order chi connectivity index (χ0) is 17.4. The number of H-pyrrole nitrogens is 1.